The summed E-state index contributed by atoms with van der Waals surface area (Å²) >= 11 is 3.32. The lowest BCUT2D eigenvalue weighted by Gasteiger charge is -2.07. The van der Waals surface area contributed by atoms with Gasteiger partial charge in [-0.2, -0.15) is 0 Å². The number of hydrogen-bond donors (Lipinski definition) is 1. The lowest BCUT2D eigenvalue weighted by atomic mass is 10.1. The number of aryl methyl sites for hydroxylation is 1. The first kappa shape index (κ1) is 12.2. The van der Waals surface area contributed by atoms with E-state index in [0.717, 1.165) is 5.56 Å². The number of nitrogens with one attached hydrogen (secondary N) is 1. The van der Waals surface area contributed by atoms with E-state index < -0.39 is 0 Å². The monoisotopic (exact) mass is 273 g/mol. The summed E-state index contributed by atoms with van der Waals surface area (Å²) in [5, 5.41) is 2.70. The van der Waals surface area contributed by atoms with Crippen LogP contribution < -0.4 is 5.32 Å². The Hall–Kier alpha value is -0.900. The van der Waals surface area contributed by atoms with E-state index in [0.29, 0.717) is 12.1 Å². The van der Waals surface area contributed by atoms with Crippen LogP contribution in [-0.2, 0) is 0 Å². The van der Waals surface area contributed by atoms with Crippen LogP contribution in [0.4, 0.5) is 4.39 Å². The Morgan fingerprint density at radius 2 is 2.20 bits per heavy atom. The molecule has 1 rings (SSSR count). The van der Waals surface area contributed by atoms with Crippen LogP contribution >= 0.6 is 15.9 Å². The normalized spacial score (nSPS) is 12.3. The minimum Gasteiger partial charge on any atom is -0.351 e. The maximum atomic E-state index is 13.0. The van der Waals surface area contributed by atoms with Crippen molar-refractivity contribution in [3.05, 3.63) is 35.1 Å². The number of halogens is 2. The van der Waals surface area contributed by atoms with E-state index in [4.69, 9.17) is 0 Å². The standard InChI is InChI=1S/C11H13BrFNO/c1-7-3-9(5-10(13)4-7)11(15)14-6-8(2)12/h3-5,8H,6H2,1-2H3,(H,14,15). The molecule has 1 unspecified atom stereocenters. The first-order chi connectivity index (χ1) is 6.99. The van der Waals surface area contributed by atoms with E-state index in [-0.39, 0.29) is 16.6 Å². The molecule has 0 heterocycles. The molecular formula is C11H13BrFNO. The Morgan fingerprint density at radius 1 is 1.53 bits per heavy atom. The molecule has 1 N–H and O–H groups in total. The van der Waals surface area contributed by atoms with E-state index in [1.807, 2.05) is 6.92 Å². The fourth-order valence-corrected chi connectivity index (χ4v) is 1.36. The molecule has 1 amide bonds. The molecular weight excluding hydrogens is 261 g/mol. The summed E-state index contributed by atoms with van der Waals surface area (Å²) in [6, 6.07) is 4.29. The highest BCUT2D eigenvalue weighted by molar-refractivity contribution is 9.09. The molecule has 15 heavy (non-hydrogen) atoms. The molecule has 82 valence electrons. The molecule has 1 atom stereocenters. The second-order valence-electron chi connectivity index (χ2n) is 3.51. The van der Waals surface area contributed by atoms with E-state index in [1.54, 1.807) is 13.0 Å². The quantitative estimate of drug-likeness (QED) is 0.843. The third-order valence-electron chi connectivity index (χ3n) is 1.85. The van der Waals surface area contributed by atoms with Crippen LogP contribution in [0, 0.1) is 12.7 Å². The number of carbonyl (C=O) groups is 1. The number of hydrogen-bond acceptors (Lipinski definition) is 1. The van der Waals surface area contributed by atoms with E-state index >= 15 is 0 Å². The predicted molar refractivity (Wildman–Crippen MR) is 61.9 cm³/mol. The summed E-state index contributed by atoms with van der Waals surface area (Å²) in [6.07, 6.45) is 0. The maximum Gasteiger partial charge on any atom is 0.251 e. The van der Waals surface area contributed by atoms with Gasteiger partial charge in [0.05, 0.1) is 0 Å². The summed E-state index contributed by atoms with van der Waals surface area (Å²) in [5.41, 5.74) is 1.10. The van der Waals surface area contributed by atoms with Crippen LogP contribution in [0.15, 0.2) is 18.2 Å². The van der Waals surface area contributed by atoms with Crippen molar-refractivity contribution >= 4 is 21.8 Å². The summed E-state index contributed by atoms with van der Waals surface area (Å²) < 4.78 is 13.0. The maximum absolute atomic E-state index is 13.0. The van der Waals surface area contributed by atoms with E-state index in [1.165, 1.54) is 12.1 Å². The highest BCUT2D eigenvalue weighted by Crippen LogP contribution is 2.08. The summed E-state index contributed by atoms with van der Waals surface area (Å²) in [6.45, 7) is 4.21. The first-order valence-corrected chi connectivity index (χ1v) is 5.60. The van der Waals surface area contributed by atoms with Crippen molar-refractivity contribution in [3.63, 3.8) is 0 Å². The zero-order chi connectivity index (χ0) is 11.4. The van der Waals surface area contributed by atoms with Crippen LogP contribution in [0.5, 0.6) is 0 Å². The molecule has 0 aromatic heterocycles. The third-order valence-corrected chi connectivity index (χ3v) is 2.17. The molecule has 0 saturated carbocycles. The highest BCUT2D eigenvalue weighted by atomic mass is 79.9. The molecule has 1 aromatic rings. The Bertz CT molecular complexity index is 345. The molecule has 0 bridgehead atoms. The van der Waals surface area contributed by atoms with Gasteiger partial charge in [-0.25, -0.2) is 4.39 Å². The van der Waals surface area contributed by atoms with Crippen molar-refractivity contribution in [2.45, 2.75) is 18.7 Å². The number of alkyl halides is 1. The van der Waals surface area contributed by atoms with Crippen molar-refractivity contribution in [1.82, 2.24) is 5.32 Å². The molecule has 0 aliphatic rings. The van der Waals surface area contributed by atoms with Gasteiger partial charge in [-0.05, 0) is 30.7 Å². The van der Waals surface area contributed by atoms with Crippen molar-refractivity contribution in [2.24, 2.45) is 0 Å². The zero-order valence-corrected chi connectivity index (χ0v) is 10.3. The average molecular weight is 274 g/mol. The van der Waals surface area contributed by atoms with Gasteiger partial charge in [0.1, 0.15) is 5.82 Å². The van der Waals surface area contributed by atoms with Crippen LogP contribution in [0.3, 0.4) is 0 Å². The van der Waals surface area contributed by atoms with Crippen LogP contribution in [0.1, 0.15) is 22.8 Å². The number of benzene rings is 1. The van der Waals surface area contributed by atoms with Crippen molar-refractivity contribution in [3.8, 4) is 0 Å². The first-order valence-electron chi connectivity index (χ1n) is 4.68. The number of rotatable bonds is 3. The third kappa shape index (κ3) is 4.00. The van der Waals surface area contributed by atoms with E-state index in [9.17, 15) is 9.18 Å². The molecule has 0 aliphatic heterocycles. The van der Waals surface area contributed by atoms with E-state index in [2.05, 4.69) is 21.2 Å². The largest absolute Gasteiger partial charge is 0.351 e. The number of amides is 1. The molecule has 0 radical (unpaired) electrons. The fraction of sp³-hybridized carbons (Fsp3) is 0.364. The summed E-state index contributed by atoms with van der Waals surface area (Å²) in [7, 11) is 0. The zero-order valence-electron chi connectivity index (χ0n) is 8.68. The van der Waals surface area contributed by atoms with Gasteiger partial charge >= 0.3 is 0 Å². The SMILES string of the molecule is Cc1cc(F)cc(C(=O)NCC(C)Br)c1. The molecule has 0 saturated heterocycles. The van der Waals surface area contributed by atoms with Gasteiger partial charge in [0.15, 0.2) is 0 Å². The summed E-state index contributed by atoms with van der Waals surface area (Å²) in [5.74, 6) is -0.629. The van der Waals surface area contributed by atoms with Crippen molar-refractivity contribution < 1.29 is 9.18 Å². The molecule has 0 fully saturated rings. The van der Waals surface area contributed by atoms with Crippen LogP contribution in [0.25, 0.3) is 0 Å². The van der Waals surface area contributed by atoms with Gasteiger partial charge in [-0.15, -0.1) is 0 Å². The second-order valence-corrected chi connectivity index (χ2v) is 5.07. The molecule has 2 nitrogen and oxygen atoms in total. The van der Waals surface area contributed by atoms with Crippen molar-refractivity contribution in [2.75, 3.05) is 6.54 Å². The Kier molecular flexibility index (Phi) is 4.27. The predicted octanol–water partition coefficient (Wildman–Crippen LogP) is 2.65. The van der Waals surface area contributed by atoms with Crippen LogP contribution in [-0.4, -0.2) is 17.3 Å². The lowest BCUT2D eigenvalue weighted by Crippen LogP contribution is -2.28. The fourth-order valence-electron chi connectivity index (χ4n) is 1.20. The van der Waals surface area contributed by atoms with Gasteiger partial charge in [0.2, 0.25) is 0 Å². The molecule has 0 spiro atoms. The molecule has 0 aliphatic carbocycles. The van der Waals surface area contributed by atoms with Gasteiger partial charge in [0.25, 0.3) is 5.91 Å². The Balaban J connectivity index is 2.73. The van der Waals surface area contributed by atoms with Gasteiger partial charge < -0.3 is 5.32 Å². The Labute approximate surface area is 97.0 Å². The molecule has 1 aromatic carbocycles. The topological polar surface area (TPSA) is 29.1 Å². The smallest absolute Gasteiger partial charge is 0.251 e. The molecule has 4 heteroatoms. The minimum absolute atomic E-state index is 0.205. The van der Waals surface area contributed by atoms with Gasteiger partial charge in [-0.3, -0.25) is 4.79 Å². The minimum atomic E-state index is -0.382. The van der Waals surface area contributed by atoms with Crippen molar-refractivity contribution in [1.29, 1.82) is 0 Å². The Morgan fingerprint density at radius 3 is 2.73 bits per heavy atom. The average Bonchev–Trinajstić information content (AvgIpc) is 2.12. The van der Waals surface area contributed by atoms with Crippen LogP contribution in [0.2, 0.25) is 0 Å². The second kappa shape index (κ2) is 5.26. The van der Waals surface area contributed by atoms with Gasteiger partial charge in [0, 0.05) is 16.9 Å². The van der Waals surface area contributed by atoms with Gasteiger partial charge in [-0.1, -0.05) is 22.9 Å². The lowest BCUT2D eigenvalue weighted by molar-refractivity contribution is 0.0953. The highest BCUT2D eigenvalue weighted by Gasteiger charge is 2.08. The number of carbonyl (C=O) groups excluding carboxylic acids is 1. The summed E-state index contributed by atoms with van der Waals surface area (Å²) in [4.78, 5) is 11.8.